The molecule has 2 aliphatic heterocycles. The number of likely N-dealkylation sites (tertiary alicyclic amines) is 2. The van der Waals surface area contributed by atoms with Gasteiger partial charge < -0.3 is 19.6 Å². The van der Waals surface area contributed by atoms with Gasteiger partial charge in [0.15, 0.2) is 0 Å². The van der Waals surface area contributed by atoms with E-state index >= 15 is 0 Å². The number of benzene rings is 1. The van der Waals surface area contributed by atoms with Crippen molar-refractivity contribution in [2.75, 3.05) is 33.4 Å². The van der Waals surface area contributed by atoms with Gasteiger partial charge in [-0.3, -0.25) is 9.59 Å². The molecule has 1 N–H and O–H groups in total. The van der Waals surface area contributed by atoms with Gasteiger partial charge >= 0.3 is 0 Å². The Morgan fingerprint density at radius 2 is 2.19 bits per heavy atom. The number of rotatable bonds is 5. The fourth-order valence-corrected chi connectivity index (χ4v) is 4.23. The highest BCUT2D eigenvalue weighted by molar-refractivity contribution is 6.30. The van der Waals surface area contributed by atoms with E-state index in [9.17, 15) is 14.7 Å². The highest BCUT2D eigenvalue weighted by Gasteiger charge is 2.40. The molecule has 1 aromatic carbocycles. The summed E-state index contributed by atoms with van der Waals surface area (Å²) in [6.07, 6.45) is 2.93. The van der Waals surface area contributed by atoms with Gasteiger partial charge in [0.2, 0.25) is 5.91 Å². The molecular formula is C19H25ClN2O4. The largest absolute Gasteiger partial charge is 0.507 e. The Morgan fingerprint density at radius 1 is 1.38 bits per heavy atom. The van der Waals surface area contributed by atoms with Crippen LogP contribution in [0.2, 0.25) is 5.02 Å². The number of aromatic hydroxyl groups is 1. The van der Waals surface area contributed by atoms with Gasteiger partial charge in [0, 0.05) is 50.8 Å². The zero-order valence-electron chi connectivity index (χ0n) is 15.0. The molecule has 0 aliphatic carbocycles. The first-order chi connectivity index (χ1) is 12.5. The molecule has 6 nitrogen and oxygen atoms in total. The fourth-order valence-electron chi connectivity index (χ4n) is 4.06. The first-order valence-electron chi connectivity index (χ1n) is 9.07. The summed E-state index contributed by atoms with van der Waals surface area (Å²) in [6, 6.07) is 4.75. The van der Waals surface area contributed by atoms with Crippen molar-refractivity contribution in [3.63, 3.8) is 0 Å². The lowest BCUT2D eigenvalue weighted by Crippen LogP contribution is -2.57. The second-order valence-corrected chi connectivity index (χ2v) is 7.44. The van der Waals surface area contributed by atoms with Crippen LogP contribution in [0.1, 0.15) is 36.0 Å². The van der Waals surface area contributed by atoms with Gasteiger partial charge in [-0.2, -0.15) is 0 Å². The third kappa shape index (κ3) is 3.96. The van der Waals surface area contributed by atoms with Gasteiger partial charge in [-0.1, -0.05) is 11.6 Å². The molecule has 2 heterocycles. The average molecular weight is 381 g/mol. The van der Waals surface area contributed by atoms with Gasteiger partial charge in [0.1, 0.15) is 5.75 Å². The summed E-state index contributed by atoms with van der Waals surface area (Å²) in [5.74, 6) is 0.213. The first-order valence-corrected chi connectivity index (χ1v) is 9.45. The molecule has 2 fully saturated rings. The van der Waals surface area contributed by atoms with Crippen LogP contribution in [-0.2, 0) is 9.53 Å². The maximum absolute atomic E-state index is 12.8. The highest BCUT2D eigenvalue weighted by atomic mass is 35.5. The van der Waals surface area contributed by atoms with E-state index < -0.39 is 0 Å². The van der Waals surface area contributed by atoms with Crippen LogP contribution in [0.25, 0.3) is 0 Å². The molecule has 7 heteroatoms. The molecule has 2 saturated heterocycles. The summed E-state index contributed by atoms with van der Waals surface area (Å²) in [5.41, 5.74) is 0.275. The van der Waals surface area contributed by atoms with Crippen LogP contribution in [0.3, 0.4) is 0 Å². The van der Waals surface area contributed by atoms with Crippen LogP contribution in [-0.4, -0.2) is 66.1 Å². The number of carbonyl (C=O) groups excluding carboxylic acids is 2. The first kappa shape index (κ1) is 19.0. The van der Waals surface area contributed by atoms with E-state index in [1.165, 1.54) is 6.07 Å². The molecule has 1 aromatic rings. The minimum Gasteiger partial charge on any atom is -0.507 e. The third-order valence-corrected chi connectivity index (χ3v) is 5.60. The number of methoxy groups -OCH3 is 1. The maximum Gasteiger partial charge on any atom is 0.257 e. The van der Waals surface area contributed by atoms with Crippen LogP contribution in [0.15, 0.2) is 18.2 Å². The molecule has 0 radical (unpaired) electrons. The van der Waals surface area contributed by atoms with E-state index in [1.807, 2.05) is 4.90 Å². The van der Waals surface area contributed by atoms with Gasteiger partial charge in [0.05, 0.1) is 5.56 Å². The zero-order valence-corrected chi connectivity index (χ0v) is 15.7. The lowest BCUT2D eigenvalue weighted by atomic mass is 9.83. The van der Waals surface area contributed by atoms with E-state index in [2.05, 4.69) is 0 Å². The number of halogens is 1. The zero-order chi connectivity index (χ0) is 18.7. The number of phenolic OH excluding ortho intramolecular Hbond substituents is 1. The molecule has 0 spiro atoms. The number of hydrogen-bond acceptors (Lipinski definition) is 4. The van der Waals surface area contributed by atoms with E-state index in [1.54, 1.807) is 24.1 Å². The number of carbonyl (C=O) groups is 2. The smallest absolute Gasteiger partial charge is 0.257 e. The molecule has 2 atom stereocenters. The van der Waals surface area contributed by atoms with Crippen molar-refractivity contribution in [3.05, 3.63) is 28.8 Å². The Balaban J connectivity index is 1.67. The average Bonchev–Trinajstić information content (AvgIpc) is 2.63. The van der Waals surface area contributed by atoms with Crippen LogP contribution in [0.5, 0.6) is 5.75 Å². The Morgan fingerprint density at radius 3 is 2.92 bits per heavy atom. The number of nitrogens with zero attached hydrogens (tertiary/aromatic N) is 2. The highest BCUT2D eigenvalue weighted by Crippen LogP contribution is 2.33. The van der Waals surface area contributed by atoms with E-state index in [4.69, 9.17) is 16.3 Å². The molecule has 26 heavy (non-hydrogen) atoms. The molecule has 0 saturated carbocycles. The normalized spacial score (nSPS) is 23.1. The number of hydrogen-bond donors (Lipinski definition) is 1. The molecular weight excluding hydrogens is 356 g/mol. The van der Waals surface area contributed by atoms with Crippen molar-refractivity contribution in [1.29, 1.82) is 0 Å². The third-order valence-electron chi connectivity index (χ3n) is 5.37. The SMILES string of the molecule is COCCCN1C(=O)CC[C@H]2CN(C(=O)c3ccc(Cl)cc3O)CC[C@H]21. The van der Waals surface area contributed by atoms with Gasteiger partial charge in [-0.25, -0.2) is 0 Å². The molecule has 2 amide bonds. The van der Waals surface area contributed by atoms with Gasteiger partial charge in [-0.05, 0) is 43.4 Å². The summed E-state index contributed by atoms with van der Waals surface area (Å²) in [7, 11) is 1.66. The maximum atomic E-state index is 12.8. The van der Waals surface area contributed by atoms with Gasteiger partial charge in [-0.15, -0.1) is 0 Å². The number of fused-ring (bicyclic) bond motifs is 1. The van der Waals surface area contributed by atoms with Crippen LogP contribution >= 0.6 is 11.6 Å². The second kappa shape index (κ2) is 8.27. The van der Waals surface area contributed by atoms with Crippen molar-refractivity contribution in [2.24, 2.45) is 5.92 Å². The molecule has 0 unspecified atom stereocenters. The molecule has 3 rings (SSSR count). The summed E-state index contributed by atoms with van der Waals surface area (Å²) < 4.78 is 5.10. The lowest BCUT2D eigenvalue weighted by Gasteiger charge is -2.47. The summed E-state index contributed by atoms with van der Waals surface area (Å²) >= 11 is 5.85. The van der Waals surface area contributed by atoms with Crippen molar-refractivity contribution in [3.8, 4) is 5.75 Å². The predicted molar refractivity (Wildman–Crippen MR) is 98.4 cm³/mol. The van der Waals surface area contributed by atoms with Crippen molar-refractivity contribution in [1.82, 2.24) is 9.80 Å². The Hall–Kier alpha value is -1.79. The number of ether oxygens (including phenoxy) is 1. The Kier molecular flexibility index (Phi) is 6.04. The van der Waals surface area contributed by atoms with Crippen molar-refractivity contribution in [2.45, 2.75) is 31.7 Å². The molecule has 2 aliphatic rings. The molecule has 142 valence electrons. The standard InChI is InChI=1S/C19H25ClN2O4/c1-26-10-2-8-22-16-7-9-21(12-13(16)3-6-18(22)24)19(25)15-5-4-14(20)11-17(15)23/h4-5,11,13,16,23H,2-3,6-10,12H2,1H3/t13-,16+/m0/s1. The topological polar surface area (TPSA) is 70.1 Å². The number of phenols is 1. The summed E-state index contributed by atoms with van der Waals surface area (Å²) in [6.45, 7) is 2.54. The van der Waals surface area contributed by atoms with Crippen molar-refractivity contribution >= 4 is 23.4 Å². The lowest BCUT2D eigenvalue weighted by molar-refractivity contribution is -0.140. The Bertz CT molecular complexity index is 682. The van der Waals surface area contributed by atoms with Crippen molar-refractivity contribution < 1.29 is 19.4 Å². The van der Waals surface area contributed by atoms with Crippen LogP contribution in [0, 0.1) is 5.92 Å². The van der Waals surface area contributed by atoms with E-state index in [0.29, 0.717) is 37.7 Å². The van der Waals surface area contributed by atoms with Crippen LogP contribution < -0.4 is 0 Å². The molecule has 0 aromatic heterocycles. The molecule has 0 bridgehead atoms. The minimum atomic E-state index is -0.180. The second-order valence-electron chi connectivity index (χ2n) is 7.00. The monoisotopic (exact) mass is 380 g/mol. The van der Waals surface area contributed by atoms with Crippen LogP contribution in [0.4, 0.5) is 0 Å². The fraction of sp³-hybridized carbons (Fsp3) is 0.579. The number of amides is 2. The predicted octanol–water partition coefficient (Wildman–Crippen LogP) is 2.54. The summed E-state index contributed by atoms with van der Waals surface area (Å²) in [5, 5.41) is 10.4. The quantitative estimate of drug-likeness (QED) is 0.797. The summed E-state index contributed by atoms with van der Waals surface area (Å²) in [4.78, 5) is 28.9. The Labute approximate surface area is 158 Å². The van der Waals surface area contributed by atoms with E-state index in [-0.39, 0.29) is 35.1 Å². The number of piperidine rings is 2. The van der Waals surface area contributed by atoms with E-state index in [0.717, 1.165) is 19.3 Å². The van der Waals surface area contributed by atoms with Gasteiger partial charge in [0.25, 0.3) is 5.91 Å². The minimum absolute atomic E-state index is 0.0929.